The first-order chi connectivity index (χ1) is 57.8. The molecule has 0 aromatic rings. The Balaban J connectivity index is 1.05. The van der Waals surface area contributed by atoms with Gasteiger partial charge in [-0.05, 0) is 44.9 Å². The number of hydrogen-bond donors (Lipinski definition) is 21. The summed E-state index contributed by atoms with van der Waals surface area (Å²) >= 11 is 0. The Morgan fingerprint density at radius 1 is 0.325 bits per heavy atom. The molecule has 0 aliphatic carbocycles. The summed E-state index contributed by atoms with van der Waals surface area (Å²) in [5, 5.41) is 208. The number of allylic oxidation sites excluding steroid dienone is 3. The number of carbonyl (C=O) groups is 3. The van der Waals surface area contributed by atoms with Gasteiger partial charge in [0.15, 0.2) is 37.7 Å². The van der Waals surface area contributed by atoms with Crippen LogP contribution in [0, 0.1) is 0 Å². The molecule has 12 unspecified atom stereocenters. The molecule has 6 fully saturated rings. The molecule has 36 heteroatoms. The highest BCUT2D eigenvalue weighted by Crippen LogP contribution is 2.38. The second-order valence-electron chi connectivity index (χ2n) is 33.1. The van der Waals surface area contributed by atoms with Crippen LogP contribution in [-0.4, -0.2) is 352 Å². The van der Waals surface area contributed by atoms with Crippen LogP contribution in [0.1, 0.15) is 246 Å². The molecule has 6 heterocycles. The molecule has 32 atom stereocenters. The third-order valence-electron chi connectivity index (χ3n) is 23.4. The van der Waals surface area contributed by atoms with Crippen LogP contribution in [0.15, 0.2) is 24.3 Å². The van der Waals surface area contributed by atoms with Crippen molar-refractivity contribution in [3.8, 4) is 0 Å². The van der Waals surface area contributed by atoms with Gasteiger partial charge in [0.2, 0.25) is 17.7 Å². The van der Waals surface area contributed by atoms with E-state index in [0.717, 1.165) is 65.2 Å². The van der Waals surface area contributed by atoms with E-state index in [9.17, 15) is 106 Å². The highest BCUT2D eigenvalue weighted by atomic mass is 16.8. The Bertz CT molecular complexity index is 2790. The van der Waals surface area contributed by atoms with Crippen LogP contribution < -0.4 is 16.0 Å². The molecule has 0 aromatic carbocycles. The van der Waals surface area contributed by atoms with Gasteiger partial charge in [0.05, 0.1) is 58.4 Å². The van der Waals surface area contributed by atoms with Crippen molar-refractivity contribution in [3.05, 3.63) is 24.3 Å². The third kappa shape index (κ3) is 33.7. The number of nitrogens with one attached hydrogen (secondary N) is 3. The number of hydrogen-bond acceptors (Lipinski definition) is 33. The van der Waals surface area contributed by atoms with Crippen LogP contribution >= 0.6 is 0 Å². The summed E-state index contributed by atoms with van der Waals surface area (Å²) in [6.45, 7) is 0.0933. The first-order valence-electron chi connectivity index (χ1n) is 44.6. The zero-order valence-corrected chi connectivity index (χ0v) is 70.9. The quantitative estimate of drug-likeness (QED) is 0.0291. The lowest BCUT2D eigenvalue weighted by molar-refractivity contribution is -0.385. The molecule has 0 radical (unpaired) electrons. The Morgan fingerprint density at radius 3 is 1.09 bits per heavy atom. The molecule has 0 saturated carbocycles. The van der Waals surface area contributed by atoms with Crippen molar-refractivity contribution < 1.29 is 163 Å². The molecule has 0 aromatic heterocycles. The van der Waals surface area contributed by atoms with Crippen molar-refractivity contribution >= 4 is 17.7 Å². The zero-order valence-electron chi connectivity index (χ0n) is 70.9. The van der Waals surface area contributed by atoms with Crippen LogP contribution in [0.25, 0.3) is 0 Å². The fraction of sp³-hybridized carbons (Fsp3) is 0.917. The average Bonchev–Trinajstić information content (AvgIpc) is 0.767. The Morgan fingerprint density at radius 2 is 0.642 bits per heavy atom. The van der Waals surface area contributed by atoms with Crippen LogP contribution in [0.4, 0.5) is 0 Å². The van der Waals surface area contributed by atoms with Gasteiger partial charge in [-0.15, -0.1) is 0 Å². The van der Waals surface area contributed by atoms with E-state index in [4.69, 9.17) is 56.8 Å². The molecule has 36 nitrogen and oxygen atoms in total. The number of ether oxygens (including phenoxy) is 12. The van der Waals surface area contributed by atoms with Gasteiger partial charge in [0.25, 0.3) is 0 Å². The summed E-state index contributed by atoms with van der Waals surface area (Å²) in [5.74, 6) is -2.05. The molecule has 6 aliphatic rings. The number of aliphatic hydroxyl groups is 18. The Hall–Kier alpha value is -3.31. The summed E-state index contributed by atoms with van der Waals surface area (Å²) in [7, 11) is 0. The van der Waals surface area contributed by atoms with Gasteiger partial charge >= 0.3 is 0 Å². The van der Waals surface area contributed by atoms with E-state index in [-0.39, 0.29) is 12.3 Å². The fourth-order valence-corrected chi connectivity index (χ4v) is 16.2. The topological polar surface area (TPSA) is 562 Å². The van der Waals surface area contributed by atoms with E-state index in [2.05, 4.69) is 41.9 Å². The molecule has 3 amide bonds. The lowest BCUT2D eigenvalue weighted by Crippen LogP contribution is -2.71. The average molecular weight is 1730 g/mol. The summed E-state index contributed by atoms with van der Waals surface area (Å²) in [6, 6.07) is -4.65. The molecule has 0 spiro atoms. The SMILES string of the molecule is CCCCCCCC/C=C\CCCCCCCCCCCCCCCC(=O)N[C@@H](CO[C@@H]1OC(CO)[C@@H](O[C@@H]2OC(CO)[C@H](O[C@@H]3OC(CO)[C@H](O)[C@H](O[C@@H]4OC(CO)[C@H](O)[C@H](O[C@@H]5OC(CO)[C@@H](O[C@@H]6OC(CO)[C@H](O)[C@H](O)C6O)[C@H](O)C5NC(C)=O)C4O)C3NC(C)=O)[C@H](O)C2O)[C@H](O)C1O)[C@H](O)/C=C/CCCCCCCCCCCCC. The predicted molar refractivity (Wildman–Crippen MR) is 431 cm³/mol. The van der Waals surface area contributed by atoms with E-state index in [1.165, 1.54) is 148 Å². The zero-order chi connectivity index (χ0) is 87.6. The Labute approximate surface area is 706 Å². The minimum absolute atomic E-state index is 0.177. The lowest BCUT2D eigenvalue weighted by Gasteiger charge is -2.51. The van der Waals surface area contributed by atoms with Crippen LogP contribution in [0.2, 0.25) is 0 Å². The summed E-state index contributed by atoms with van der Waals surface area (Å²) < 4.78 is 71.1. The fourth-order valence-electron chi connectivity index (χ4n) is 16.2. The molecule has 0 bridgehead atoms. The maximum atomic E-state index is 13.6. The van der Waals surface area contributed by atoms with Crippen LogP contribution in [-0.2, 0) is 71.2 Å². The van der Waals surface area contributed by atoms with Gasteiger partial charge in [-0.3, -0.25) is 14.4 Å². The summed E-state index contributed by atoms with van der Waals surface area (Å²) in [6.07, 6.45) is -8.19. The first kappa shape index (κ1) is 105. The van der Waals surface area contributed by atoms with E-state index in [0.29, 0.717) is 12.8 Å². The monoisotopic (exact) mass is 1730 g/mol. The number of unbranched alkanes of at least 4 members (excludes halogenated alkanes) is 30. The van der Waals surface area contributed by atoms with Gasteiger partial charge in [-0.2, -0.15) is 0 Å². The van der Waals surface area contributed by atoms with Crippen LogP contribution in [0.3, 0.4) is 0 Å². The van der Waals surface area contributed by atoms with Crippen LogP contribution in [0.5, 0.6) is 0 Å². The number of rotatable bonds is 59. The van der Waals surface area contributed by atoms with E-state index in [1.807, 2.05) is 6.08 Å². The number of carbonyl (C=O) groups excluding carboxylic acids is 3. The molecular formula is C84H151N3O33. The van der Waals surface area contributed by atoms with Gasteiger partial charge in [-0.25, -0.2) is 0 Å². The molecule has 120 heavy (non-hydrogen) atoms. The highest BCUT2D eigenvalue weighted by Gasteiger charge is 2.59. The molecule has 6 rings (SSSR count). The van der Waals surface area contributed by atoms with Gasteiger partial charge in [0, 0.05) is 20.3 Å². The molecule has 6 saturated heterocycles. The van der Waals surface area contributed by atoms with Crippen molar-refractivity contribution in [1.29, 1.82) is 0 Å². The maximum absolute atomic E-state index is 13.6. The number of aliphatic hydroxyl groups excluding tert-OH is 18. The predicted octanol–water partition coefficient (Wildman–Crippen LogP) is 0.473. The maximum Gasteiger partial charge on any atom is 0.220 e. The smallest absolute Gasteiger partial charge is 0.220 e. The van der Waals surface area contributed by atoms with Gasteiger partial charge < -0.3 is 165 Å². The molecule has 6 aliphatic heterocycles. The minimum atomic E-state index is -2.27. The third-order valence-corrected chi connectivity index (χ3v) is 23.4. The second kappa shape index (κ2) is 58.2. The standard InChI is InChI=1S/C84H151N3O33/c1-5-7-9-11-13-15-17-19-20-21-22-23-24-25-26-27-28-30-32-34-36-38-40-42-60(97)87-52(53(96)41-39-37-35-33-31-29-18-16-14-12-10-8-6-2)49-109-81-71(106)68(103)76(58(47-92)114-81)118-83-72(107)69(104)75(59(48-93)115-83)116-80-62(86-51(4)95)77(64(99)55(44-89)110-80)119-84-73(108)78(65(100)56(45-90)112-84)120-79-61(85-50(3)94)66(101)74(57(46-91)113-79)117-82-70(105)67(102)63(98)54(43-88)111-82/h19-20,39,41,52-59,61-84,88-93,96,98-108H,5-18,21-38,40,42-49H2,1-4H3,(H,85,94)(H,86,95)(H,87,97)/b20-19-,41-39+/t52-,53+,54?,55?,56?,57?,58?,59?,61?,62?,63-,64-,65-,66+,67-,68+,69+,70?,71?,72?,73?,74+,75-,76+,77+,78-,79-,80-,81+,82-,83-,84-/m0/s1. The largest absolute Gasteiger partial charge is 0.394 e. The lowest BCUT2D eigenvalue weighted by atomic mass is 9.93. The van der Waals surface area contributed by atoms with Crippen molar-refractivity contribution in [1.82, 2.24) is 16.0 Å². The Kier molecular flexibility index (Phi) is 51.2. The first-order valence-corrected chi connectivity index (χ1v) is 44.6. The van der Waals surface area contributed by atoms with Crippen molar-refractivity contribution in [2.24, 2.45) is 0 Å². The minimum Gasteiger partial charge on any atom is -0.394 e. The molecule has 21 N–H and O–H groups in total. The van der Waals surface area contributed by atoms with Crippen molar-refractivity contribution in [3.63, 3.8) is 0 Å². The molecule has 700 valence electrons. The second-order valence-corrected chi connectivity index (χ2v) is 33.1. The normalized spacial score (nSPS) is 35.6. The van der Waals surface area contributed by atoms with E-state index >= 15 is 0 Å². The van der Waals surface area contributed by atoms with E-state index in [1.54, 1.807) is 6.08 Å². The highest BCUT2D eigenvalue weighted by molar-refractivity contribution is 5.76. The summed E-state index contributed by atoms with van der Waals surface area (Å²) in [5.41, 5.74) is 0. The van der Waals surface area contributed by atoms with E-state index < -0.39 is 254 Å². The van der Waals surface area contributed by atoms with Crippen molar-refractivity contribution in [2.75, 3.05) is 46.2 Å². The summed E-state index contributed by atoms with van der Waals surface area (Å²) in [4.78, 5) is 39.4. The molecular weight excluding hydrogens is 1580 g/mol. The number of amides is 3. The van der Waals surface area contributed by atoms with Gasteiger partial charge in [0.1, 0.15) is 146 Å². The van der Waals surface area contributed by atoms with Crippen molar-refractivity contribution in [2.45, 2.75) is 442 Å². The van der Waals surface area contributed by atoms with Gasteiger partial charge in [-0.1, -0.05) is 205 Å².